The quantitative estimate of drug-likeness (QED) is 0.651. The zero-order chi connectivity index (χ0) is 17.2. The fraction of sp³-hybridized carbons (Fsp3) is 0.278. The molecule has 1 aromatic carbocycles. The standard InChI is InChI=1S/C18H22N4O2/c1-2-5-17(23)22-15-7-3-6-14(12-15)18(24)21-11-10-20-16-8-4-9-19-13-16/h3-4,6-9,12-13,20H,2,5,10-11H2,1H3,(H,21,24)(H,22,23). The van der Waals surface area contributed by atoms with E-state index >= 15 is 0 Å². The van der Waals surface area contributed by atoms with Crippen molar-refractivity contribution in [1.82, 2.24) is 10.3 Å². The van der Waals surface area contributed by atoms with Gasteiger partial charge < -0.3 is 16.0 Å². The topological polar surface area (TPSA) is 83.1 Å². The number of nitrogens with zero attached hydrogens (tertiary/aromatic N) is 1. The Bertz CT molecular complexity index is 674. The molecule has 0 fully saturated rings. The van der Waals surface area contributed by atoms with Crippen molar-refractivity contribution in [3.8, 4) is 0 Å². The molecule has 6 nitrogen and oxygen atoms in total. The second kappa shape index (κ2) is 9.29. The Kier molecular flexibility index (Phi) is 6.76. The van der Waals surface area contributed by atoms with Crippen LogP contribution in [0.1, 0.15) is 30.1 Å². The summed E-state index contributed by atoms with van der Waals surface area (Å²) in [5.74, 6) is -0.217. The highest BCUT2D eigenvalue weighted by Gasteiger charge is 2.07. The fourth-order valence-corrected chi connectivity index (χ4v) is 2.14. The van der Waals surface area contributed by atoms with Crippen LogP contribution < -0.4 is 16.0 Å². The Morgan fingerprint density at radius 1 is 1.08 bits per heavy atom. The second-order valence-corrected chi connectivity index (χ2v) is 5.30. The number of carbonyl (C=O) groups is 2. The van der Waals surface area contributed by atoms with Crippen molar-refractivity contribution < 1.29 is 9.59 Å². The minimum absolute atomic E-state index is 0.0456. The van der Waals surface area contributed by atoms with E-state index in [1.807, 2.05) is 19.1 Å². The van der Waals surface area contributed by atoms with Gasteiger partial charge in [0.25, 0.3) is 5.91 Å². The average molecular weight is 326 g/mol. The van der Waals surface area contributed by atoms with Gasteiger partial charge in [-0.2, -0.15) is 0 Å². The summed E-state index contributed by atoms with van der Waals surface area (Å²) in [6, 6.07) is 10.7. The monoisotopic (exact) mass is 326 g/mol. The smallest absolute Gasteiger partial charge is 0.251 e. The van der Waals surface area contributed by atoms with Crippen LogP contribution >= 0.6 is 0 Å². The van der Waals surface area contributed by atoms with Gasteiger partial charge in [-0.3, -0.25) is 14.6 Å². The molecule has 0 bridgehead atoms. The molecule has 0 saturated carbocycles. The molecule has 0 aliphatic carbocycles. The Balaban J connectivity index is 1.80. The molecule has 3 N–H and O–H groups in total. The molecule has 0 unspecified atom stereocenters. The van der Waals surface area contributed by atoms with Gasteiger partial charge in [-0.25, -0.2) is 0 Å². The number of pyridine rings is 1. The highest BCUT2D eigenvalue weighted by Crippen LogP contribution is 2.11. The summed E-state index contributed by atoms with van der Waals surface area (Å²) in [5, 5.41) is 8.80. The van der Waals surface area contributed by atoms with E-state index in [4.69, 9.17) is 0 Å². The highest BCUT2D eigenvalue weighted by atomic mass is 16.2. The molecular formula is C18H22N4O2. The summed E-state index contributed by atoms with van der Waals surface area (Å²) in [5.41, 5.74) is 2.06. The van der Waals surface area contributed by atoms with Crippen molar-refractivity contribution >= 4 is 23.2 Å². The van der Waals surface area contributed by atoms with Crippen molar-refractivity contribution in [1.29, 1.82) is 0 Å². The molecule has 2 aromatic rings. The zero-order valence-electron chi connectivity index (χ0n) is 13.7. The average Bonchev–Trinajstić information content (AvgIpc) is 2.60. The molecule has 0 spiro atoms. The number of carbonyl (C=O) groups excluding carboxylic acids is 2. The molecule has 1 aromatic heterocycles. The zero-order valence-corrected chi connectivity index (χ0v) is 13.7. The number of hydrogen-bond acceptors (Lipinski definition) is 4. The first-order valence-electron chi connectivity index (χ1n) is 8.01. The van der Waals surface area contributed by atoms with Crippen molar-refractivity contribution in [3.05, 3.63) is 54.4 Å². The predicted molar refractivity (Wildman–Crippen MR) is 95.0 cm³/mol. The Hall–Kier alpha value is -2.89. The van der Waals surface area contributed by atoms with Crippen LogP contribution in [0.5, 0.6) is 0 Å². The summed E-state index contributed by atoms with van der Waals surface area (Å²) >= 11 is 0. The SMILES string of the molecule is CCCC(=O)Nc1cccc(C(=O)NCCNc2cccnc2)c1. The van der Waals surface area contributed by atoms with Gasteiger partial charge in [0.1, 0.15) is 0 Å². The number of aromatic nitrogens is 1. The first-order chi connectivity index (χ1) is 11.7. The molecule has 0 atom stereocenters. The molecular weight excluding hydrogens is 304 g/mol. The predicted octanol–water partition coefficient (Wildman–Crippen LogP) is 2.66. The van der Waals surface area contributed by atoms with E-state index in [0.29, 0.717) is 30.8 Å². The number of nitrogens with one attached hydrogen (secondary N) is 3. The molecule has 2 rings (SSSR count). The van der Waals surface area contributed by atoms with Crippen LogP contribution in [0.15, 0.2) is 48.8 Å². The maximum absolute atomic E-state index is 12.2. The highest BCUT2D eigenvalue weighted by molar-refractivity contribution is 5.97. The van der Waals surface area contributed by atoms with E-state index in [9.17, 15) is 9.59 Å². The summed E-state index contributed by atoms with van der Waals surface area (Å²) in [6.45, 7) is 3.04. The summed E-state index contributed by atoms with van der Waals surface area (Å²) in [7, 11) is 0. The van der Waals surface area contributed by atoms with Crippen molar-refractivity contribution in [3.63, 3.8) is 0 Å². The number of amides is 2. The van der Waals surface area contributed by atoms with E-state index in [-0.39, 0.29) is 11.8 Å². The first kappa shape index (κ1) is 17.5. The summed E-state index contributed by atoms with van der Waals surface area (Å²) in [4.78, 5) is 27.8. The number of anilines is 2. The van der Waals surface area contributed by atoms with Crippen LogP contribution in [0.4, 0.5) is 11.4 Å². The van der Waals surface area contributed by atoms with Gasteiger partial charge in [-0.05, 0) is 36.8 Å². The largest absolute Gasteiger partial charge is 0.382 e. The fourth-order valence-electron chi connectivity index (χ4n) is 2.14. The van der Waals surface area contributed by atoms with Gasteiger partial charge in [-0.1, -0.05) is 13.0 Å². The molecule has 0 saturated heterocycles. The Morgan fingerprint density at radius 3 is 2.67 bits per heavy atom. The lowest BCUT2D eigenvalue weighted by Crippen LogP contribution is -2.28. The van der Waals surface area contributed by atoms with Crippen molar-refractivity contribution in [2.45, 2.75) is 19.8 Å². The number of rotatable bonds is 8. The third-order valence-corrected chi connectivity index (χ3v) is 3.29. The molecule has 24 heavy (non-hydrogen) atoms. The van der Waals surface area contributed by atoms with Crippen LogP contribution in [0.2, 0.25) is 0 Å². The summed E-state index contributed by atoms with van der Waals surface area (Å²) < 4.78 is 0. The van der Waals surface area contributed by atoms with Gasteiger partial charge >= 0.3 is 0 Å². The molecule has 126 valence electrons. The Labute approximate surface area is 141 Å². The van der Waals surface area contributed by atoms with Crippen LogP contribution in [0.25, 0.3) is 0 Å². The molecule has 0 aliphatic rings. The molecule has 0 radical (unpaired) electrons. The third-order valence-electron chi connectivity index (χ3n) is 3.29. The minimum atomic E-state index is -0.172. The molecule has 1 heterocycles. The second-order valence-electron chi connectivity index (χ2n) is 5.30. The van der Waals surface area contributed by atoms with Crippen LogP contribution in [0.3, 0.4) is 0 Å². The van der Waals surface area contributed by atoms with Gasteiger partial charge in [0.15, 0.2) is 0 Å². The number of hydrogen-bond donors (Lipinski definition) is 3. The number of benzene rings is 1. The van der Waals surface area contributed by atoms with Crippen LogP contribution in [-0.2, 0) is 4.79 Å². The van der Waals surface area contributed by atoms with Crippen LogP contribution in [-0.4, -0.2) is 29.9 Å². The molecule has 0 aliphatic heterocycles. The van der Waals surface area contributed by atoms with E-state index in [1.54, 1.807) is 36.7 Å². The maximum atomic E-state index is 12.2. The first-order valence-corrected chi connectivity index (χ1v) is 8.01. The lowest BCUT2D eigenvalue weighted by molar-refractivity contribution is -0.116. The van der Waals surface area contributed by atoms with E-state index in [1.165, 1.54) is 0 Å². The maximum Gasteiger partial charge on any atom is 0.251 e. The van der Waals surface area contributed by atoms with Crippen molar-refractivity contribution in [2.75, 3.05) is 23.7 Å². The molecule has 2 amide bonds. The van der Waals surface area contributed by atoms with Crippen molar-refractivity contribution in [2.24, 2.45) is 0 Å². The van der Waals surface area contributed by atoms with Gasteiger partial charge in [0.2, 0.25) is 5.91 Å². The van der Waals surface area contributed by atoms with Gasteiger partial charge in [0, 0.05) is 43.2 Å². The van der Waals surface area contributed by atoms with Crippen LogP contribution in [0, 0.1) is 0 Å². The van der Waals surface area contributed by atoms with E-state index in [2.05, 4.69) is 20.9 Å². The lowest BCUT2D eigenvalue weighted by Gasteiger charge is -2.09. The third kappa shape index (κ3) is 5.72. The normalized spacial score (nSPS) is 10.0. The molecule has 6 heteroatoms. The Morgan fingerprint density at radius 2 is 1.92 bits per heavy atom. The van der Waals surface area contributed by atoms with Gasteiger partial charge in [0.05, 0.1) is 5.69 Å². The van der Waals surface area contributed by atoms with E-state index in [0.717, 1.165) is 12.1 Å². The van der Waals surface area contributed by atoms with Gasteiger partial charge in [-0.15, -0.1) is 0 Å². The minimum Gasteiger partial charge on any atom is -0.382 e. The summed E-state index contributed by atoms with van der Waals surface area (Å²) in [6.07, 6.45) is 4.69. The van der Waals surface area contributed by atoms with E-state index < -0.39 is 0 Å². The lowest BCUT2D eigenvalue weighted by atomic mass is 10.2.